The third-order valence-electron chi connectivity index (χ3n) is 3.45. The van der Waals surface area contributed by atoms with Gasteiger partial charge in [0.2, 0.25) is 5.88 Å². The molecule has 0 saturated carbocycles. The first-order valence-electron chi connectivity index (χ1n) is 6.76. The lowest BCUT2D eigenvalue weighted by molar-refractivity contribution is 0.246. The number of furan rings is 1. The fraction of sp³-hybridized carbons (Fsp3) is 0.357. The zero-order chi connectivity index (χ0) is 14.7. The van der Waals surface area contributed by atoms with Crippen LogP contribution < -0.4 is 15.4 Å². The van der Waals surface area contributed by atoms with Crippen LogP contribution >= 0.6 is 0 Å². The van der Waals surface area contributed by atoms with E-state index in [1.54, 1.807) is 12.3 Å². The number of hydrogen-bond acceptors (Lipinski definition) is 5. The van der Waals surface area contributed by atoms with E-state index >= 15 is 0 Å². The Morgan fingerprint density at radius 1 is 1.48 bits per heavy atom. The number of nitrogens with one attached hydrogen (secondary N) is 2. The summed E-state index contributed by atoms with van der Waals surface area (Å²) < 4.78 is 10.4. The monoisotopic (exact) mass is 288 g/mol. The number of urea groups is 1. The lowest BCUT2D eigenvalue weighted by Gasteiger charge is -2.22. The first kappa shape index (κ1) is 13.4. The number of ether oxygens (including phenoxy) is 1. The molecule has 1 aliphatic rings. The topological polar surface area (TPSA) is 89.3 Å². The molecule has 2 heterocycles. The molecule has 0 fully saturated rings. The summed E-state index contributed by atoms with van der Waals surface area (Å²) in [6.07, 6.45) is 5.81. The van der Waals surface area contributed by atoms with Crippen molar-refractivity contribution in [2.75, 3.05) is 12.4 Å². The number of nitrogens with zero attached hydrogens (tertiary/aromatic N) is 2. The summed E-state index contributed by atoms with van der Waals surface area (Å²) in [5.74, 6) is 1.74. The average molecular weight is 288 g/mol. The van der Waals surface area contributed by atoms with E-state index in [1.807, 2.05) is 6.07 Å². The van der Waals surface area contributed by atoms with Crippen molar-refractivity contribution in [3.63, 3.8) is 0 Å². The minimum atomic E-state index is -0.310. The molecule has 0 unspecified atom stereocenters. The Morgan fingerprint density at radius 2 is 2.38 bits per heavy atom. The zero-order valence-corrected chi connectivity index (χ0v) is 11.6. The molecule has 0 saturated heterocycles. The molecule has 0 aromatic carbocycles. The second-order valence-electron chi connectivity index (χ2n) is 4.79. The summed E-state index contributed by atoms with van der Waals surface area (Å²) in [6.45, 7) is 0. The maximum absolute atomic E-state index is 12.1. The van der Waals surface area contributed by atoms with Crippen molar-refractivity contribution in [3.8, 4) is 5.88 Å². The molecule has 0 spiro atoms. The van der Waals surface area contributed by atoms with Crippen molar-refractivity contribution in [2.24, 2.45) is 0 Å². The SMILES string of the molecule is COc1cc(NC(=O)N[C@@H]2CCCc3occc32)ncn1. The van der Waals surface area contributed by atoms with E-state index in [0.717, 1.165) is 30.6 Å². The summed E-state index contributed by atoms with van der Waals surface area (Å²) in [5, 5.41) is 5.61. The Bertz CT molecular complexity index is 641. The molecule has 1 aliphatic carbocycles. The second-order valence-corrected chi connectivity index (χ2v) is 4.79. The van der Waals surface area contributed by atoms with E-state index in [9.17, 15) is 4.79 Å². The highest BCUT2D eigenvalue weighted by Gasteiger charge is 2.24. The van der Waals surface area contributed by atoms with Gasteiger partial charge in [0.05, 0.1) is 19.4 Å². The number of carbonyl (C=O) groups excluding carboxylic acids is 1. The molecule has 0 radical (unpaired) electrons. The predicted molar refractivity (Wildman–Crippen MR) is 75.1 cm³/mol. The Hall–Kier alpha value is -2.57. The molecule has 7 heteroatoms. The van der Waals surface area contributed by atoms with Gasteiger partial charge in [-0.3, -0.25) is 5.32 Å². The van der Waals surface area contributed by atoms with Crippen LogP contribution in [-0.4, -0.2) is 23.1 Å². The van der Waals surface area contributed by atoms with Crippen molar-refractivity contribution >= 4 is 11.8 Å². The van der Waals surface area contributed by atoms with Crippen molar-refractivity contribution in [2.45, 2.75) is 25.3 Å². The van der Waals surface area contributed by atoms with Crippen LogP contribution in [0.15, 0.2) is 29.1 Å². The Balaban J connectivity index is 1.65. The van der Waals surface area contributed by atoms with Gasteiger partial charge in [-0.05, 0) is 18.9 Å². The number of fused-ring (bicyclic) bond motifs is 1. The fourth-order valence-corrected chi connectivity index (χ4v) is 2.47. The van der Waals surface area contributed by atoms with E-state index in [2.05, 4.69) is 20.6 Å². The smallest absolute Gasteiger partial charge is 0.320 e. The van der Waals surface area contributed by atoms with Crippen LogP contribution in [0, 0.1) is 0 Å². The van der Waals surface area contributed by atoms with Crippen LogP contribution in [0.3, 0.4) is 0 Å². The van der Waals surface area contributed by atoms with Crippen LogP contribution in [-0.2, 0) is 6.42 Å². The van der Waals surface area contributed by atoms with Gasteiger partial charge in [-0.25, -0.2) is 14.8 Å². The zero-order valence-electron chi connectivity index (χ0n) is 11.6. The molecule has 7 nitrogen and oxygen atoms in total. The standard InChI is InChI=1S/C14H16N4O3/c1-20-13-7-12(15-8-16-13)18-14(19)17-10-3-2-4-11-9(10)5-6-21-11/h5-8,10H,2-4H2,1H3,(H2,15,16,17,18,19)/t10-/m1/s1. The number of methoxy groups -OCH3 is 1. The third-order valence-corrected chi connectivity index (χ3v) is 3.45. The predicted octanol–water partition coefficient (Wildman–Crippen LogP) is 2.28. The number of carbonyl (C=O) groups is 1. The number of aryl methyl sites for hydroxylation is 1. The van der Waals surface area contributed by atoms with Crippen molar-refractivity contribution in [1.29, 1.82) is 0 Å². The normalized spacial score (nSPS) is 16.9. The van der Waals surface area contributed by atoms with Crippen molar-refractivity contribution in [3.05, 3.63) is 36.0 Å². The highest BCUT2D eigenvalue weighted by molar-refractivity contribution is 5.88. The first-order chi connectivity index (χ1) is 10.3. The molecule has 0 bridgehead atoms. The summed E-state index contributed by atoms with van der Waals surface area (Å²) >= 11 is 0. The number of hydrogen-bond donors (Lipinski definition) is 2. The largest absolute Gasteiger partial charge is 0.481 e. The molecular weight excluding hydrogens is 272 g/mol. The molecule has 2 aromatic heterocycles. The van der Waals surface area contributed by atoms with Crippen molar-refractivity contribution in [1.82, 2.24) is 15.3 Å². The Kier molecular flexibility index (Phi) is 3.72. The second kappa shape index (κ2) is 5.82. The third kappa shape index (κ3) is 2.96. The maximum atomic E-state index is 12.1. The van der Waals surface area contributed by atoms with E-state index in [-0.39, 0.29) is 12.1 Å². The van der Waals surface area contributed by atoms with Gasteiger partial charge in [-0.15, -0.1) is 0 Å². The average Bonchev–Trinajstić information content (AvgIpc) is 2.97. The quantitative estimate of drug-likeness (QED) is 0.904. The minimum absolute atomic E-state index is 0.0313. The molecule has 2 aromatic rings. The number of anilines is 1. The van der Waals surface area contributed by atoms with E-state index in [4.69, 9.17) is 9.15 Å². The minimum Gasteiger partial charge on any atom is -0.481 e. The van der Waals surface area contributed by atoms with Gasteiger partial charge in [0.15, 0.2) is 0 Å². The van der Waals surface area contributed by atoms with E-state index < -0.39 is 0 Å². The van der Waals surface area contributed by atoms with Gasteiger partial charge in [0.1, 0.15) is 17.9 Å². The maximum Gasteiger partial charge on any atom is 0.320 e. The molecule has 2 N–H and O–H groups in total. The van der Waals surface area contributed by atoms with Gasteiger partial charge < -0.3 is 14.5 Å². The lowest BCUT2D eigenvalue weighted by Crippen LogP contribution is -2.34. The molecule has 2 amide bonds. The molecule has 3 rings (SSSR count). The molecular formula is C14H16N4O3. The van der Waals surface area contributed by atoms with E-state index in [0.29, 0.717) is 11.7 Å². The van der Waals surface area contributed by atoms with Gasteiger partial charge in [0.25, 0.3) is 0 Å². The fourth-order valence-electron chi connectivity index (χ4n) is 2.47. The van der Waals surface area contributed by atoms with Crippen LogP contribution in [0.1, 0.15) is 30.2 Å². The molecule has 1 atom stereocenters. The van der Waals surface area contributed by atoms with Crippen LogP contribution in [0.4, 0.5) is 10.6 Å². The van der Waals surface area contributed by atoms with Crippen LogP contribution in [0.2, 0.25) is 0 Å². The lowest BCUT2D eigenvalue weighted by atomic mass is 9.93. The van der Waals surface area contributed by atoms with Crippen LogP contribution in [0.25, 0.3) is 0 Å². The first-order valence-corrected chi connectivity index (χ1v) is 6.76. The van der Waals surface area contributed by atoms with Crippen LogP contribution in [0.5, 0.6) is 5.88 Å². The summed E-state index contributed by atoms with van der Waals surface area (Å²) in [6, 6.07) is 3.13. The van der Waals surface area contributed by atoms with Crippen molar-refractivity contribution < 1.29 is 13.9 Å². The molecule has 0 aliphatic heterocycles. The Labute approximate surface area is 121 Å². The van der Waals surface area contributed by atoms with Gasteiger partial charge in [-0.2, -0.15) is 0 Å². The molecule has 21 heavy (non-hydrogen) atoms. The van der Waals surface area contributed by atoms with E-state index in [1.165, 1.54) is 13.4 Å². The number of aromatic nitrogens is 2. The Morgan fingerprint density at radius 3 is 3.24 bits per heavy atom. The van der Waals surface area contributed by atoms with Gasteiger partial charge >= 0.3 is 6.03 Å². The number of rotatable bonds is 3. The summed E-state index contributed by atoms with van der Waals surface area (Å²) in [5.41, 5.74) is 1.05. The van der Waals surface area contributed by atoms with Gasteiger partial charge in [-0.1, -0.05) is 0 Å². The molecule has 110 valence electrons. The number of amides is 2. The highest BCUT2D eigenvalue weighted by atomic mass is 16.5. The highest BCUT2D eigenvalue weighted by Crippen LogP contribution is 2.30. The summed E-state index contributed by atoms with van der Waals surface area (Å²) in [7, 11) is 1.51. The summed E-state index contributed by atoms with van der Waals surface area (Å²) in [4.78, 5) is 19.9. The van der Waals surface area contributed by atoms with Gasteiger partial charge in [0, 0.05) is 18.1 Å².